The minimum atomic E-state index is -0.911. The summed E-state index contributed by atoms with van der Waals surface area (Å²) in [5, 5.41) is 9.16. The minimum absolute atomic E-state index is 0.181. The first-order valence-electron chi connectivity index (χ1n) is 11.2. The van der Waals surface area contributed by atoms with Crippen molar-refractivity contribution >= 4 is 29.6 Å². The Balaban J connectivity index is 1.49. The van der Waals surface area contributed by atoms with Gasteiger partial charge in [0.05, 0.1) is 13.3 Å². The number of carbonyl (C=O) groups is 3. The fourth-order valence-electron chi connectivity index (χ4n) is 3.32. The summed E-state index contributed by atoms with van der Waals surface area (Å²) in [5.41, 5.74) is 6.31. The van der Waals surface area contributed by atoms with E-state index in [1.165, 1.54) is 6.21 Å². The van der Waals surface area contributed by atoms with E-state index in [1.54, 1.807) is 55.6 Å². The van der Waals surface area contributed by atoms with Crippen molar-refractivity contribution in [3.63, 3.8) is 0 Å². The summed E-state index contributed by atoms with van der Waals surface area (Å²) in [7, 11) is 1.57. The number of methoxy groups -OCH3 is 1. The van der Waals surface area contributed by atoms with Crippen LogP contribution in [0.1, 0.15) is 22.3 Å². The molecule has 9 heteroatoms. The Morgan fingerprint density at radius 3 is 2.31 bits per heavy atom. The van der Waals surface area contributed by atoms with Crippen molar-refractivity contribution in [1.82, 2.24) is 10.7 Å². The molecule has 0 spiro atoms. The van der Waals surface area contributed by atoms with Gasteiger partial charge in [-0.1, -0.05) is 30.3 Å². The van der Waals surface area contributed by atoms with Gasteiger partial charge in [-0.05, 0) is 66.9 Å². The predicted octanol–water partition coefficient (Wildman–Crippen LogP) is 3.10. The number of carbonyl (C=O) groups excluding carboxylic acids is 3. The van der Waals surface area contributed by atoms with Gasteiger partial charge in [0.1, 0.15) is 11.5 Å². The first kappa shape index (κ1) is 26.0. The number of hydrogen-bond acceptors (Lipinski definition) is 6. The summed E-state index contributed by atoms with van der Waals surface area (Å²) in [6, 6.07) is 19.8. The Hall–Kier alpha value is -4.66. The Morgan fingerprint density at radius 2 is 1.61 bits per heavy atom. The molecule has 0 heterocycles. The van der Waals surface area contributed by atoms with E-state index in [2.05, 4.69) is 21.2 Å². The average Bonchev–Trinajstić information content (AvgIpc) is 2.86. The van der Waals surface area contributed by atoms with E-state index in [0.717, 1.165) is 16.7 Å². The number of benzene rings is 3. The molecule has 0 aliphatic heterocycles. The van der Waals surface area contributed by atoms with E-state index >= 15 is 0 Å². The lowest BCUT2D eigenvalue weighted by Crippen LogP contribution is -2.37. The van der Waals surface area contributed by atoms with Crippen LogP contribution in [0.2, 0.25) is 0 Å². The van der Waals surface area contributed by atoms with E-state index in [0.29, 0.717) is 22.7 Å². The molecule has 3 aromatic rings. The molecule has 9 nitrogen and oxygen atoms in total. The van der Waals surface area contributed by atoms with Crippen molar-refractivity contribution in [3.8, 4) is 11.5 Å². The van der Waals surface area contributed by atoms with Crippen molar-refractivity contribution in [3.05, 3.63) is 89.0 Å². The fourth-order valence-corrected chi connectivity index (χ4v) is 3.32. The molecule has 0 radical (unpaired) electrons. The van der Waals surface area contributed by atoms with Crippen molar-refractivity contribution < 1.29 is 23.9 Å². The smallest absolute Gasteiger partial charge is 0.329 e. The monoisotopic (exact) mass is 488 g/mol. The first-order chi connectivity index (χ1) is 17.3. The van der Waals surface area contributed by atoms with Gasteiger partial charge in [-0.15, -0.1) is 0 Å². The van der Waals surface area contributed by atoms with E-state index in [-0.39, 0.29) is 19.1 Å². The highest BCUT2D eigenvalue weighted by Gasteiger charge is 2.12. The Morgan fingerprint density at radius 1 is 0.917 bits per heavy atom. The van der Waals surface area contributed by atoms with Crippen molar-refractivity contribution in [2.45, 2.75) is 20.4 Å². The van der Waals surface area contributed by atoms with Crippen LogP contribution >= 0.6 is 0 Å². The maximum Gasteiger partial charge on any atom is 0.329 e. The highest BCUT2D eigenvalue weighted by molar-refractivity contribution is 6.35. The number of hydrogen-bond donors (Lipinski definition) is 3. The van der Waals surface area contributed by atoms with Gasteiger partial charge in [0.15, 0.2) is 6.61 Å². The number of ether oxygens (including phenoxy) is 2. The molecule has 0 aliphatic carbocycles. The number of nitrogens with one attached hydrogen (secondary N) is 3. The maximum atomic E-state index is 12.3. The van der Waals surface area contributed by atoms with Gasteiger partial charge in [0.2, 0.25) is 0 Å². The van der Waals surface area contributed by atoms with Crippen LogP contribution in [0.5, 0.6) is 11.5 Å². The van der Waals surface area contributed by atoms with E-state index < -0.39 is 11.8 Å². The van der Waals surface area contributed by atoms with Crippen LogP contribution in [-0.4, -0.2) is 37.7 Å². The lowest BCUT2D eigenvalue weighted by atomic mass is 10.1. The molecule has 0 bridgehead atoms. The van der Waals surface area contributed by atoms with Gasteiger partial charge in [-0.3, -0.25) is 14.4 Å². The maximum absolute atomic E-state index is 12.3. The number of nitrogens with zero attached hydrogens (tertiary/aromatic N) is 1. The summed E-state index contributed by atoms with van der Waals surface area (Å²) in [5.74, 6) is -0.950. The molecule has 186 valence electrons. The molecule has 0 unspecified atom stereocenters. The van der Waals surface area contributed by atoms with Crippen LogP contribution < -0.4 is 25.5 Å². The second-order valence-corrected chi connectivity index (χ2v) is 7.98. The first-order valence-corrected chi connectivity index (χ1v) is 11.2. The second kappa shape index (κ2) is 12.7. The lowest BCUT2D eigenvalue weighted by molar-refractivity contribution is -0.139. The molecule has 3 amide bonds. The minimum Gasteiger partial charge on any atom is -0.497 e. The van der Waals surface area contributed by atoms with Gasteiger partial charge in [0, 0.05) is 17.8 Å². The number of hydrazone groups is 1. The van der Waals surface area contributed by atoms with E-state index in [1.807, 2.05) is 32.0 Å². The van der Waals surface area contributed by atoms with Crippen molar-refractivity contribution in [2.75, 3.05) is 19.0 Å². The normalized spacial score (nSPS) is 10.5. The largest absolute Gasteiger partial charge is 0.497 e. The SMILES string of the molecule is COc1ccc(CNC(=O)C(=O)N/N=C\c2ccccc2OCC(=O)Nc2cc(C)cc(C)c2)cc1. The van der Waals surface area contributed by atoms with Gasteiger partial charge in [-0.2, -0.15) is 5.10 Å². The molecule has 3 rings (SSSR count). The van der Waals surface area contributed by atoms with Crippen molar-refractivity contribution in [1.29, 1.82) is 0 Å². The molecular formula is C27H28N4O5. The zero-order valence-electron chi connectivity index (χ0n) is 20.3. The fraction of sp³-hybridized carbons (Fsp3) is 0.185. The third-order valence-corrected chi connectivity index (χ3v) is 4.97. The topological polar surface area (TPSA) is 118 Å². The molecule has 0 atom stereocenters. The summed E-state index contributed by atoms with van der Waals surface area (Å²) in [6.45, 7) is 3.88. The molecule has 36 heavy (non-hydrogen) atoms. The van der Waals surface area contributed by atoms with Crippen LogP contribution in [0.25, 0.3) is 0 Å². The number of aryl methyl sites for hydroxylation is 2. The zero-order chi connectivity index (χ0) is 25.9. The Bertz CT molecular complexity index is 1240. The number of rotatable bonds is 9. The zero-order valence-corrected chi connectivity index (χ0v) is 20.3. The van der Waals surface area contributed by atoms with Crippen LogP contribution in [0.4, 0.5) is 5.69 Å². The second-order valence-electron chi connectivity index (χ2n) is 7.98. The molecule has 0 saturated heterocycles. The standard InChI is InChI=1S/C27H28N4O5/c1-18-12-19(2)14-22(13-18)30-25(32)17-36-24-7-5-4-6-21(24)16-29-31-27(34)26(33)28-15-20-8-10-23(35-3)11-9-20/h4-14,16H,15,17H2,1-3H3,(H,28,33)(H,30,32)(H,31,34)/b29-16-. The molecule has 0 fully saturated rings. The highest BCUT2D eigenvalue weighted by Crippen LogP contribution is 2.17. The molecule has 0 saturated carbocycles. The van der Waals surface area contributed by atoms with Crippen LogP contribution in [0, 0.1) is 13.8 Å². The third-order valence-electron chi connectivity index (χ3n) is 4.97. The van der Waals surface area contributed by atoms with Gasteiger partial charge in [0.25, 0.3) is 5.91 Å². The molecule has 0 aliphatic rings. The Kier molecular flexibility index (Phi) is 9.16. The lowest BCUT2D eigenvalue weighted by Gasteiger charge is -2.10. The molecule has 0 aromatic heterocycles. The summed E-state index contributed by atoms with van der Waals surface area (Å²) < 4.78 is 10.7. The van der Waals surface area contributed by atoms with Crippen LogP contribution in [0.15, 0.2) is 71.8 Å². The quantitative estimate of drug-likeness (QED) is 0.243. The molecule has 3 N–H and O–H groups in total. The summed E-state index contributed by atoms with van der Waals surface area (Å²) in [4.78, 5) is 36.4. The third kappa shape index (κ3) is 7.98. The number of para-hydroxylation sites is 1. The van der Waals surface area contributed by atoms with Crippen LogP contribution in [0.3, 0.4) is 0 Å². The number of anilines is 1. The summed E-state index contributed by atoms with van der Waals surface area (Å²) >= 11 is 0. The average molecular weight is 489 g/mol. The van der Waals surface area contributed by atoms with Gasteiger partial charge >= 0.3 is 11.8 Å². The highest BCUT2D eigenvalue weighted by atomic mass is 16.5. The van der Waals surface area contributed by atoms with E-state index in [4.69, 9.17) is 9.47 Å². The molecule has 3 aromatic carbocycles. The van der Waals surface area contributed by atoms with Gasteiger partial charge < -0.3 is 20.1 Å². The van der Waals surface area contributed by atoms with E-state index in [9.17, 15) is 14.4 Å². The predicted molar refractivity (Wildman–Crippen MR) is 137 cm³/mol. The molecular weight excluding hydrogens is 460 g/mol. The summed E-state index contributed by atoms with van der Waals surface area (Å²) in [6.07, 6.45) is 1.34. The van der Waals surface area contributed by atoms with Crippen molar-refractivity contribution in [2.24, 2.45) is 5.10 Å². The number of amides is 3. The van der Waals surface area contributed by atoms with Gasteiger partial charge in [-0.25, -0.2) is 5.43 Å². The Labute approximate surface area is 209 Å². The van der Waals surface area contributed by atoms with Crippen LogP contribution in [-0.2, 0) is 20.9 Å².